The Kier molecular flexibility index (Phi) is 4.68. The van der Waals surface area contributed by atoms with Crippen LogP contribution in [0.3, 0.4) is 0 Å². The van der Waals surface area contributed by atoms with E-state index in [9.17, 15) is 8.42 Å². The molecule has 0 amide bonds. The standard InChI is InChI=1S/C9H11BrN4O3S2/c10-9-7(3-6(4-11)18-9)19(15,16)14-2-1-8-12-5-13-17-8/h3,5,14H,1-2,4,11H2. The van der Waals surface area contributed by atoms with Gasteiger partial charge in [0.15, 0.2) is 6.33 Å². The van der Waals surface area contributed by atoms with Crippen LogP contribution >= 0.6 is 27.3 Å². The molecule has 0 spiro atoms. The summed E-state index contributed by atoms with van der Waals surface area (Å²) in [6, 6.07) is 1.56. The number of halogens is 1. The van der Waals surface area contributed by atoms with E-state index in [1.54, 1.807) is 6.07 Å². The van der Waals surface area contributed by atoms with E-state index >= 15 is 0 Å². The van der Waals surface area contributed by atoms with Crippen molar-refractivity contribution in [2.24, 2.45) is 5.73 Å². The molecule has 0 saturated carbocycles. The van der Waals surface area contributed by atoms with Gasteiger partial charge in [-0.2, -0.15) is 4.98 Å². The van der Waals surface area contributed by atoms with Gasteiger partial charge >= 0.3 is 0 Å². The minimum absolute atomic E-state index is 0.185. The van der Waals surface area contributed by atoms with Crippen molar-refractivity contribution in [1.82, 2.24) is 14.9 Å². The molecule has 3 N–H and O–H groups in total. The maximum Gasteiger partial charge on any atom is 0.242 e. The number of sulfonamides is 1. The molecule has 0 aliphatic rings. The SMILES string of the molecule is NCc1cc(S(=O)(=O)NCCc2ncno2)c(Br)s1. The molecular weight excluding hydrogens is 356 g/mol. The molecule has 2 heterocycles. The fourth-order valence-electron chi connectivity index (χ4n) is 1.36. The summed E-state index contributed by atoms with van der Waals surface area (Å²) in [5, 5.41) is 3.44. The Balaban J connectivity index is 2.03. The molecule has 0 bridgehead atoms. The van der Waals surface area contributed by atoms with Crippen LogP contribution in [0.2, 0.25) is 0 Å². The van der Waals surface area contributed by atoms with Gasteiger partial charge in [-0.15, -0.1) is 11.3 Å². The van der Waals surface area contributed by atoms with Gasteiger partial charge in [0.1, 0.15) is 4.90 Å². The van der Waals surface area contributed by atoms with E-state index < -0.39 is 10.0 Å². The number of rotatable bonds is 6. The topological polar surface area (TPSA) is 111 Å². The van der Waals surface area contributed by atoms with E-state index in [-0.39, 0.29) is 11.4 Å². The third kappa shape index (κ3) is 3.60. The van der Waals surface area contributed by atoms with Crippen LogP contribution in [0.25, 0.3) is 0 Å². The highest BCUT2D eigenvalue weighted by Crippen LogP contribution is 2.31. The van der Waals surface area contributed by atoms with Crippen LogP contribution in [0.4, 0.5) is 0 Å². The normalized spacial score (nSPS) is 11.9. The van der Waals surface area contributed by atoms with Crippen molar-refractivity contribution in [2.45, 2.75) is 17.9 Å². The molecule has 0 saturated heterocycles. The van der Waals surface area contributed by atoms with Gasteiger partial charge in [0, 0.05) is 24.4 Å². The zero-order valence-electron chi connectivity index (χ0n) is 9.67. The van der Waals surface area contributed by atoms with E-state index in [4.69, 9.17) is 10.3 Å². The molecular formula is C9H11BrN4O3S2. The molecule has 2 aromatic rings. The van der Waals surface area contributed by atoms with Crippen molar-refractivity contribution in [3.63, 3.8) is 0 Å². The summed E-state index contributed by atoms with van der Waals surface area (Å²) in [5.41, 5.74) is 5.49. The summed E-state index contributed by atoms with van der Waals surface area (Å²) < 4.78 is 31.9. The Morgan fingerprint density at radius 1 is 1.53 bits per heavy atom. The highest BCUT2D eigenvalue weighted by molar-refractivity contribution is 9.11. The van der Waals surface area contributed by atoms with E-state index in [0.29, 0.717) is 22.6 Å². The first-order chi connectivity index (χ1) is 9.03. The summed E-state index contributed by atoms with van der Waals surface area (Å²) in [6.45, 7) is 0.492. The van der Waals surface area contributed by atoms with Crippen LogP contribution in [0.5, 0.6) is 0 Å². The van der Waals surface area contributed by atoms with Gasteiger partial charge in [0.25, 0.3) is 0 Å². The number of nitrogens with zero attached hydrogens (tertiary/aromatic N) is 2. The Hall–Kier alpha value is -0.810. The summed E-state index contributed by atoms with van der Waals surface area (Å²) in [5.74, 6) is 0.384. The predicted molar refractivity (Wildman–Crippen MR) is 73.1 cm³/mol. The van der Waals surface area contributed by atoms with Gasteiger partial charge in [-0.1, -0.05) is 5.16 Å². The van der Waals surface area contributed by atoms with E-state index in [1.807, 2.05) is 0 Å². The third-order valence-electron chi connectivity index (χ3n) is 2.24. The molecule has 0 aliphatic carbocycles. The second-order valence-corrected chi connectivity index (χ2v) is 7.73. The lowest BCUT2D eigenvalue weighted by molar-refractivity contribution is 0.377. The molecule has 0 unspecified atom stereocenters. The first kappa shape index (κ1) is 14.6. The Morgan fingerprint density at radius 2 is 2.32 bits per heavy atom. The first-order valence-corrected chi connectivity index (χ1v) is 8.35. The summed E-state index contributed by atoms with van der Waals surface area (Å²) in [6.07, 6.45) is 1.61. The Labute approximate surface area is 122 Å². The average Bonchev–Trinajstić information content (AvgIpc) is 2.98. The smallest absolute Gasteiger partial charge is 0.242 e. The molecule has 0 aliphatic heterocycles. The highest BCUT2D eigenvalue weighted by Gasteiger charge is 2.20. The number of aromatic nitrogens is 2. The van der Waals surface area contributed by atoms with Crippen LogP contribution in [0, 0.1) is 0 Å². The molecule has 7 nitrogen and oxygen atoms in total. The molecule has 104 valence electrons. The molecule has 0 radical (unpaired) electrons. The van der Waals surface area contributed by atoms with Gasteiger partial charge in [0.2, 0.25) is 15.9 Å². The molecule has 0 aromatic carbocycles. The van der Waals surface area contributed by atoms with E-state index in [0.717, 1.165) is 4.88 Å². The fourth-order valence-corrected chi connectivity index (χ4v) is 4.95. The second-order valence-electron chi connectivity index (χ2n) is 3.54. The lowest BCUT2D eigenvalue weighted by Crippen LogP contribution is -2.26. The quantitative estimate of drug-likeness (QED) is 0.784. The summed E-state index contributed by atoms with van der Waals surface area (Å²) >= 11 is 4.53. The average molecular weight is 367 g/mol. The van der Waals surface area contributed by atoms with Crippen LogP contribution in [0.1, 0.15) is 10.8 Å². The van der Waals surface area contributed by atoms with Crippen LogP contribution in [-0.4, -0.2) is 25.1 Å². The fraction of sp³-hybridized carbons (Fsp3) is 0.333. The van der Waals surface area contributed by atoms with Crippen molar-refractivity contribution in [2.75, 3.05) is 6.54 Å². The molecule has 0 atom stereocenters. The number of thiophene rings is 1. The summed E-state index contributed by atoms with van der Waals surface area (Å²) in [7, 11) is -3.57. The maximum atomic E-state index is 12.1. The summed E-state index contributed by atoms with van der Waals surface area (Å²) in [4.78, 5) is 4.80. The largest absolute Gasteiger partial charge is 0.340 e. The minimum Gasteiger partial charge on any atom is -0.340 e. The van der Waals surface area contributed by atoms with Crippen molar-refractivity contribution >= 4 is 37.3 Å². The zero-order chi connectivity index (χ0) is 13.9. The number of hydrogen-bond donors (Lipinski definition) is 2. The number of hydrogen-bond acceptors (Lipinski definition) is 7. The van der Waals surface area contributed by atoms with Crippen molar-refractivity contribution in [3.8, 4) is 0 Å². The molecule has 0 fully saturated rings. The number of nitrogens with one attached hydrogen (secondary N) is 1. The van der Waals surface area contributed by atoms with Crippen LogP contribution < -0.4 is 10.5 Å². The zero-order valence-corrected chi connectivity index (χ0v) is 12.9. The molecule has 19 heavy (non-hydrogen) atoms. The van der Waals surface area contributed by atoms with E-state index in [2.05, 4.69) is 30.8 Å². The van der Waals surface area contributed by atoms with Gasteiger partial charge in [-0.25, -0.2) is 13.1 Å². The predicted octanol–water partition coefficient (Wildman–Crippen LogP) is 0.873. The Bertz CT molecular complexity index is 638. The van der Waals surface area contributed by atoms with Gasteiger partial charge < -0.3 is 10.3 Å². The second kappa shape index (κ2) is 6.09. The first-order valence-electron chi connectivity index (χ1n) is 5.26. The van der Waals surface area contributed by atoms with E-state index in [1.165, 1.54) is 17.7 Å². The van der Waals surface area contributed by atoms with Gasteiger partial charge in [0.05, 0.1) is 3.79 Å². The maximum absolute atomic E-state index is 12.1. The molecule has 2 aromatic heterocycles. The van der Waals surface area contributed by atoms with Crippen molar-refractivity contribution in [3.05, 3.63) is 26.9 Å². The van der Waals surface area contributed by atoms with Crippen LogP contribution in [0.15, 0.2) is 25.6 Å². The Morgan fingerprint density at radius 3 is 2.89 bits per heavy atom. The lowest BCUT2D eigenvalue weighted by atomic mass is 10.4. The van der Waals surface area contributed by atoms with Gasteiger partial charge in [-0.3, -0.25) is 0 Å². The molecule has 10 heteroatoms. The number of nitrogens with two attached hydrogens (primary N) is 1. The van der Waals surface area contributed by atoms with Crippen LogP contribution in [-0.2, 0) is 23.0 Å². The van der Waals surface area contributed by atoms with Crippen molar-refractivity contribution < 1.29 is 12.9 Å². The van der Waals surface area contributed by atoms with Gasteiger partial charge in [-0.05, 0) is 22.0 Å². The highest BCUT2D eigenvalue weighted by atomic mass is 79.9. The minimum atomic E-state index is -3.57. The monoisotopic (exact) mass is 366 g/mol. The third-order valence-corrected chi connectivity index (χ3v) is 5.97. The molecule has 2 rings (SSSR count). The lowest BCUT2D eigenvalue weighted by Gasteiger charge is -2.03. The van der Waals surface area contributed by atoms with Crippen molar-refractivity contribution in [1.29, 1.82) is 0 Å².